The zero-order valence-electron chi connectivity index (χ0n) is 18.2. The zero-order valence-corrected chi connectivity index (χ0v) is 19.0. The van der Waals surface area contributed by atoms with E-state index in [0.29, 0.717) is 18.5 Å². The number of benzene rings is 1. The van der Waals surface area contributed by atoms with Crippen molar-refractivity contribution in [2.45, 2.75) is 24.2 Å². The first-order chi connectivity index (χ1) is 15.8. The molecule has 2 heterocycles. The summed E-state index contributed by atoms with van der Waals surface area (Å²) >= 11 is 0. The van der Waals surface area contributed by atoms with Gasteiger partial charge in [0.1, 0.15) is 11.4 Å². The van der Waals surface area contributed by atoms with Crippen molar-refractivity contribution in [3.63, 3.8) is 0 Å². The summed E-state index contributed by atoms with van der Waals surface area (Å²) in [5.74, 6) is -1.31. The fraction of sp³-hybridized carbons (Fsp3) is 0.364. The number of carbonyl (C=O) groups is 3. The van der Waals surface area contributed by atoms with Gasteiger partial charge in [-0.2, -0.15) is 4.31 Å². The third-order valence-corrected chi connectivity index (χ3v) is 7.22. The minimum absolute atomic E-state index is 0.0923. The van der Waals surface area contributed by atoms with Gasteiger partial charge in [-0.15, -0.1) is 0 Å². The first kappa shape index (κ1) is 24.3. The highest BCUT2D eigenvalue weighted by atomic mass is 32.2. The molecule has 11 heteroatoms. The van der Waals surface area contributed by atoms with Crippen LogP contribution in [0.2, 0.25) is 0 Å². The molecule has 1 aliphatic rings. The fourth-order valence-electron chi connectivity index (χ4n) is 3.45. The number of hydrogen-bond acceptors (Lipinski definition) is 7. The lowest BCUT2D eigenvalue weighted by Crippen LogP contribution is -2.41. The van der Waals surface area contributed by atoms with Crippen LogP contribution >= 0.6 is 0 Å². The molecule has 1 fully saturated rings. The average molecular weight is 475 g/mol. The summed E-state index contributed by atoms with van der Waals surface area (Å²) in [5, 5.41) is 5.31. The van der Waals surface area contributed by atoms with Crippen LogP contribution in [0.3, 0.4) is 0 Å². The second-order valence-corrected chi connectivity index (χ2v) is 9.52. The smallest absolute Gasteiger partial charge is 0.325 e. The molecule has 3 rings (SSSR count). The summed E-state index contributed by atoms with van der Waals surface area (Å²) in [7, 11) is -2.37. The van der Waals surface area contributed by atoms with Gasteiger partial charge in [-0.3, -0.25) is 19.4 Å². The average Bonchev–Trinajstić information content (AvgIpc) is 2.84. The van der Waals surface area contributed by atoms with Crippen molar-refractivity contribution in [2.75, 3.05) is 32.1 Å². The number of carbonyl (C=O) groups excluding carboxylic acids is 3. The predicted molar refractivity (Wildman–Crippen MR) is 120 cm³/mol. The van der Waals surface area contributed by atoms with E-state index in [0.717, 1.165) is 5.56 Å². The third-order valence-electron chi connectivity index (χ3n) is 5.34. The minimum atomic E-state index is -3.61. The van der Waals surface area contributed by atoms with Gasteiger partial charge in [-0.1, -0.05) is 12.1 Å². The number of nitrogens with zero attached hydrogens (tertiary/aromatic N) is 2. The van der Waals surface area contributed by atoms with Crippen LogP contribution in [0, 0.1) is 5.92 Å². The molecule has 2 amide bonds. The van der Waals surface area contributed by atoms with Crippen LogP contribution in [0.25, 0.3) is 0 Å². The molecule has 0 saturated carbocycles. The molecular weight excluding hydrogens is 448 g/mol. The number of ether oxygens (including phenoxy) is 1. The van der Waals surface area contributed by atoms with E-state index in [1.165, 1.54) is 29.9 Å². The van der Waals surface area contributed by atoms with Gasteiger partial charge in [0.2, 0.25) is 21.8 Å². The van der Waals surface area contributed by atoms with Gasteiger partial charge in [0.15, 0.2) is 0 Å². The molecule has 2 aromatic rings. The molecule has 1 aromatic carbocycles. The first-order valence-corrected chi connectivity index (χ1v) is 11.9. The molecule has 10 nitrogen and oxygen atoms in total. The fourth-order valence-corrected chi connectivity index (χ4v) is 4.88. The Morgan fingerprint density at radius 1 is 1.12 bits per heavy atom. The van der Waals surface area contributed by atoms with Gasteiger partial charge >= 0.3 is 5.97 Å². The number of anilines is 1. The molecule has 0 atom stereocenters. The molecule has 0 aliphatic carbocycles. The van der Waals surface area contributed by atoms with E-state index < -0.39 is 16.0 Å². The number of hydrogen-bond donors (Lipinski definition) is 2. The van der Waals surface area contributed by atoms with Crippen LogP contribution in [-0.2, 0) is 35.6 Å². The van der Waals surface area contributed by atoms with E-state index >= 15 is 0 Å². The molecule has 176 valence electrons. The van der Waals surface area contributed by atoms with Gasteiger partial charge in [0, 0.05) is 37.1 Å². The molecule has 0 bridgehead atoms. The largest absolute Gasteiger partial charge is 0.468 e. The number of piperidine rings is 1. The van der Waals surface area contributed by atoms with Crippen molar-refractivity contribution in [3.8, 4) is 0 Å². The van der Waals surface area contributed by atoms with E-state index in [9.17, 15) is 22.8 Å². The molecule has 33 heavy (non-hydrogen) atoms. The lowest BCUT2D eigenvalue weighted by atomic mass is 9.97. The van der Waals surface area contributed by atoms with Gasteiger partial charge in [0.05, 0.1) is 13.5 Å². The van der Waals surface area contributed by atoms with Crippen molar-refractivity contribution in [3.05, 3.63) is 54.4 Å². The quantitative estimate of drug-likeness (QED) is 0.544. The Labute approximate surface area is 192 Å². The molecule has 1 aromatic heterocycles. The number of nitrogens with one attached hydrogen (secondary N) is 2. The lowest BCUT2D eigenvalue weighted by molar-refractivity contribution is -0.141. The third kappa shape index (κ3) is 6.59. The van der Waals surface area contributed by atoms with Gasteiger partial charge in [-0.05, 0) is 42.7 Å². The number of aromatic nitrogens is 1. The molecular formula is C22H26N4O6S. The predicted octanol–water partition coefficient (Wildman–Crippen LogP) is 0.953. The maximum absolute atomic E-state index is 12.7. The highest BCUT2D eigenvalue weighted by Gasteiger charge is 2.32. The van der Waals surface area contributed by atoms with Crippen molar-refractivity contribution in [1.82, 2.24) is 14.6 Å². The Morgan fingerprint density at radius 2 is 1.82 bits per heavy atom. The highest BCUT2D eigenvalue weighted by Crippen LogP contribution is 2.24. The van der Waals surface area contributed by atoms with E-state index in [2.05, 4.69) is 20.4 Å². The van der Waals surface area contributed by atoms with Crippen molar-refractivity contribution in [2.24, 2.45) is 5.92 Å². The summed E-state index contributed by atoms with van der Waals surface area (Å²) in [6, 6.07) is 9.92. The summed E-state index contributed by atoms with van der Waals surface area (Å²) in [6.45, 7) is 0.329. The lowest BCUT2D eigenvalue weighted by Gasteiger charge is -2.30. The summed E-state index contributed by atoms with van der Waals surface area (Å²) in [4.78, 5) is 39.6. The van der Waals surface area contributed by atoms with Crippen LogP contribution in [0.4, 0.5) is 5.69 Å². The Bertz CT molecular complexity index is 1080. The second-order valence-electron chi connectivity index (χ2n) is 7.58. The zero-order chi connectivity index (χ0) is 23.8. The van der Waals surface area contributed by atoms with Crippen LogP contribution < -0.4 is 10.6 Å². The molecule has 1 aliphatic heterocycles. The van der Waals surface area contributed by atoms with Gasteiger partial charge in [0.25, 0.3) is 0 Å². The normalized spacial score (nSPS) is 14.9. The van der Waals surface area contributed by atoms with E-state index in [1.807, 2.05) is 0 Å². The second kappa shape index (κ2) is 11.0. The maximum atomic E-state index is 12.7. The van der Waals surface area contributed by atoms with Crippen LogP contribution in [-0.4, -0.2) is 62.2 Å². The SMILES string of the molecule is COC(=O)CNC(=O)Cc1ccc(NC(=O)C2CCN(S(=O)(=O)c3cccnc3)CC2)cc1. The summed E-state index contributed by atoms with van der Waals surface area (Å²) < 4.78 is 31.2. The van der Waals surface area contributed by atoms with E-state index in [1.54, 1.807) is 30.3 Å². The molecule has 0 spiro atoms. The Hall–Kier alpha value is -3.31. The van der Waals surface area contributed by atoms with Crippen molar-refractivity contribution < 1.29 is 27.5 Å². The van der Waals surface area contributed by atoms with Gasteiger partial charge in [-0.25, -0.2) is 8.42 Å². The minimum Gasteiger partial charge on any atom is -0.468 e. The van der Waals surface area contributed by atoms with Crippen LogP contribution in [0.1, 0.15) is 18.4 Å². The van der Waals surface area contributed by atoms with E-state index in [4.69, 9.17) is 0 Å². The van der Waals surface area contributed by atoms with Gasteiger partial charge < -0.3 is 15.4 Å². The van der Waals surface area contributed by atoms with E-state index in [-0.39, 0.29) is 48.7 Å². The number of esters is 1. The van der Waals surface area contributed by atoms with Crippen molar-refractivity contribution in [1.29, 1.82) is 0 Å². The summed E-state index contributed by atoms with van der Waals surface area (Å²) in [6.07, 6.45) is 3.77. The molecule has 0 unspecified atom stereocenters. The van der Waals surface area contributed by atoms with Crippen LogP contribution in [0.5, 0.6) is 0 Å². The number of rotatable bonds is 8. The number of methoxy groups -OCH3 is 1. The standard InChI is InChI=1S/C22H26N4O6S/c1-32-21(28)15-24-20(27)13-16-4-6-18(7-5-16)25-22(29)17-8-11-26(12-9-17)33(30,31)19-3-2-10-23-14-19/h2-7,10,14,17H,8-9,11-13,15H2,1H3,(H,24,27)(H,25,29). The number of pyridine rings is 1. The van der Waals surface area contributed by atoms with Crippen molar-refractivity contribution >= 4 is 33.5 Å². The first-order valence-electron chi connectivity index (χ1n) is 10.4. The Balaban J connectivity index is 1.48. The highest BCUT2D eigenvalue weighted by molar-refractivity contribution is 7.89. The Kier molecular flexibility index (Phi) is 8.12. The maximum Gasteiger partial charge on any atom is 0.325 e. The summed E-state index contributed by atoms with van der Waals surface area (Å²) in [5.41, 5.74) is 1.31. The topological polar surface area (TPSA) is 135 Å². The number of amides is 2. The molecule has 2 N–H and O–H groups in total. The Morgan fingerprint density at radius 3 is 2.42 bits per heavy atom. The molecule has 0 radical (unpaired) electrons. The van der Waals surface area contributed by atoms with Crippen LogP contribution in [0.15, 0.2) is 53.7 Å². The number of sulfonamides is 1. The molecule has 1 saturated heterocycles. The monoisotopic (exact) mass is 474 g/mol.